The largest absolute Gasteiger partial charge is 0.492 e. The fourth-order valence-electron chi connectivity index (χ4n) is 4.28. The zero-order chi connectivity index (χ0) is 25.5. The van der Waals surface area contributed by atoms with Crippen molar-refractivity contribution in [3.8, 4) is 11.4 Å². The number of carbonyl (C=O) groups excluding carboxylic acids is 1. The lowest BCUT2D eigenvalue weighted by molar-refractivity contribution is -0.128. The van der Waals surface area contributed by atoms with Crippen molar-refractivity contribution in [1.29, 1.82) is 0 Å². The Balaban J connectivity index is 1.85. The predicted molar refractivity (Wildman–Crippen MR) is 144 cm³/mol. The first-order valence-electron chi connectivity index (χ1n) is 12.3. The molecule has 0 bridgehead atoms. The van der Waals surface area contributed by atoms with Gasteiger partial charge in [0.2, 0.25) is 5.91 Å². The first-order chi connectivity index (χ1) is 17.5. The van der Waals surface area contributed by atoms with Gasteiger partial charge < -0.3 is 9.64 Å². The molecule has 4 rings (SSSR count). The quantitative estimate of drug-likeness (QED) is 0.284. The molecule has 0 fully saturated rings. The van der Waals surface area contributed by atoms with Gasteiger partial charge in [-0.25, -0.2) is 4.98 Å². The Bertz CT molecular complexity index is 1430. The summed E-state index contributed by atoms with van der Waals surface area (Å²) in [5.41, 5.74) is 1.95. The molecule has 0 radical (unpaired) electrons. The molecule has 4 aromatic rings. The summed E-state index contributed by atoms with van der Waals surface area (Å²) in [6, 6.07) is 24.0. The molecule has 0 aliphatic heterocycles. The fraction of sp³-hybridized carbons (Fsp3) is 0.233. The zero-order valence-corrected chi connectivity index (χ0v) is 20.9. The van der Waals surface area contributed by atoms with Gasteiger partial charge in [-0.3, -0.25) is 14.2 Å². The van der Waals surface area contributed by atoms with Crippen LogP contribution in [0.1, 0.15) is 44.6 Å². The maximum Gasteiger partial charge on any atom is 0.266 e. The molecule has 36 heavy (non-hydrogen) atoms. The molecule has 0 spiro atoms. The molecule has 1 atom stereocenters. The predicted octanol–water partition coefficient (Wildman–Crippen LogP) is 5.80. The number of aromatic nitrogens is 2. The van der Waals surface area contributed by atoms with Crippen molar-refractivity contribution in [2.24, 2.45) is 0 Å². The molecule has 0 N–H and O–H groups in total. The van der Waals surface area contributed by atoms with Crippen molar-refractivity contribution in [3.05, 3.63) is 107 Å². The maximum atomic E-state index is 13.8. The van der Waals surface area contributed by atoms with Gasteiger partial charge in [0.15, 0.2) is 0 Å². The van der Waals surface area contributed by atoms with E-state index in [1.54, 1.807) is 21.6 Å². The topological polar surface area (TPSA) is 64.4 Å². The number of ether oxygens (including phenoxy) is 1. The lowest BCUT2D eigenvalue weighted by Crippen LogP contribution is -2.37. The van der Waals surface area contributed by atoms with Crippen molar-refractivity contribution in [1.82, 2.24) is 14.5 Å². The SMILES string of the molecule is CCCN(C(=O)/C=C/c1ccccc1)C(C)c1nc2ccccc2c(=O)n1-c1ccccc1OCC. The van der Waals surface area contributed by atoms with Crippen LogP contribution in [0.5, 0.6) is 5.75 Å². The molecule has 0 aliphatic carbocycles. The number of hydrogen-bond donors (Lipinski definition) is 0. The molecule has 0 saturated carbocycles. The average Bonchev–Trinajstić information content (AvgIpc) is 2.91. The van der Waals surface area contributed by atoms with E-state index >= 15 is 0 Å². The van der Waals surface area contributed by atoms with Crippen molar-refractivity contribution in [2.75, 3.05) is 13.2 Å². The van der Waals surface area contributed by atoms with E-state index in [9.17, 15) is 9.59 Å². The van der Waals surface area contributed by atoms with Crippen molar-refractivity contribution in [3.63, 3.8) is 0 Å². The van der Waals surface area contributed by atoms with Crippen LogP contribution in [0.2, 0.25) is 0 Å². The molecule has 1 unspecified atom stereocenters. The number of benzene rings is 3. The van der Waals surface area contributed by atoms with Crippen LogP contribution in [0.15, 0.2) is 89.7 Å². The van der Waals surface area contributed by atoms with E-state index < -0.39 is 6.04 Å². The highest BCUT2D eigenvalue weighted by molar-refractivity contribution is 5.92. The molecule has 6 nitrogen and oxygen atoms in total. The Morgan fingerprint density at radius 1 is 1.00 bits per heavy atom. The van der Waals surface area contributed by atoms with Gasteiger partial charge in [-0.1, -0.05) is 61.5 Å². The smallest absolute Gasteiger partial charge is 0.266 e. The standard InChI is InChI=1S/C30H31N3O3/c1-4-21-32(28(34)20-19-23-13-7-6-8-14-23)22(3)29-31-25-16-10-9-15-24(25)30(35)33(29)26-17-11-12-18-27(26)36-5-2/h6-20,22H,4-5,21H2,1-3H3/b20-19+. The highest BCUT2D eigenvalue weighted by Gasteiger charge is 2.26. The Labute approximate surface area is 211 Å². The number of carbonyl (C=O) groups is 1. The minimum absolute atomic E-state index is 0.139. The van der Waals surface area contributed by atoms with E-state index in [0.29, 0.717) is 41.3 Å². The van der Waals surface area contributed by atoms with Gasteiger partial charge in [0.05, 0.1) is 29.2 Å². The molecule has 184 valence electrons. The van der Waals surface area contributed by atoms with Gasteiger partial charge >= 0.3 is 0 Å². The number of rotatable bonds is 9. The summed E-state index contributed by atoms with van der Waals surface area (Å²) >= 11 is 0. The minimum atomic E-state index is -0.468. The van der Waals surface area contributed by atoms with Gasteiger partial charge in [-0.05, 0) is 56.2 Å². The summed E-state index contributed by atoms with van der Waals surface area (Å²) in [6.45, 7) is 6.83. The monoisotopic (exact) mass is 481 g/mol. The molecule has 0 aliphatic rings. The molecule has 1 amide bonds. The van der Waals surface area contributed by atoms with E-state index in [0.717, 1.165) is 12.0 Å². The second-order valence-electron chi connectivity index (χ2n) is 8.48. The zero-order valence-electron chi connectivity index (χ0n) is 20.9. The van der Waals surface area contributed by atoms with Crippen molar-refractivity contribution < 1.29 is 9.53 Å². The van der Waals surface area contributed by atoms with E-state index in [1.807, 2.05) is 99.6 Å². The molecule has 1 heterocycles. The van der Waals surface area contributed by atoms with E-state index in [1.165, 1.54) is 0 Å². The molecule has 3 aromatic carbocycles. The number of para-hydroxylation sites is 3. The van der Waals surface area contributed by atoms with Gasteiger partial charge in [0.25, 0.3) is 5.56 Å². The number of nitrogens with zero attached hydrogens (tertiary/aromatic N) is 3. The first kappa shape index (κ1) is 24.9. The molecule has 1 aromatic heterocycles. The fourth-order valence-corrected chi connectivity index (χ4v) is 4.28. The Morgan fingerprint density at radius 3 is 2.44 bits per heavy atom. The Hall–Kier alpha value is -4.19. The molecule has 6 heteroatoms. The summed E-state index contributed by atoms with van der Waals surface area (Å²) < 4.78 is 7.45. The highest BCUT2D eigenvalue weighted by Crippen LogP contribution is 2.28. The lowest BCUT2D eigenvalue weighted by atomic mass is 10.1. The van der Waals surface area contributed by atoms with Crippen molar-refractivity contribution >= 4 is 22.9 Å². The van der Waals surface area contributed by atoms with Gasteiger partial charge in [0, 0.05) is 12.6 Å². The third-order valence-electron chi connectivity index (χ3n) is 6.01. The van der Waals surface area contributed by atoms with Crippen LogP contribution in [-0.2, 0) is 4.79 Å². The van der Waals surface area contributed by atoms with Gasteiger partial charge in [0.1, 0.15) is 11.6 Å². The van der Waals surface area contributed by atoms with Crippen LogP contribution >= 0.6 is 0 Å². The van der Waals surface area contributed by atoms with Crippen LogP contribution in [-0.4, -0.2) is 33.5 Å². The Morgan fingerprint density at radius 2 is 1.69 bits per heavy atom. The maximum absolute atomic E-state index is 13.8. The summed E-state index contributed by atoms with van der Waals surface area (Å²) in [5.74, 6) is 0.936. The van der Waals surface area contributed by atoms with E-state index in [4.69, 9.17) is 9.72 Å². The summed E-state index contributed by atoms with van der Waals surface area (Å²) in [5, 5.41) is 0.511. The average molecular weight is 482 g/mol. The number of amides is 1. The van der Waals surface area contributed by atoms with Gasteiger partial charge in [-0.2, -0.15) is 0 Å². The molecular weight excluding hydrogens is 450 g/mol. The molecular formula is C30H31N3O3. The summed E-state index contributed by atoms with van der Waals surface area (Å²) in [4.78, 5) is 33.9. The van der Waals surface area contributed by atoms with E-state index in [2.05, 4.69) is 0 Å². The van der Waals surface area contributed by atoms with Crippen LogP contribution in [0.3, 0.4) is 0 Å². The van der Waals surface area contributed by atoms with Crippen LogP contribution in [0, 0.1) is 0 Å². The minimum Gasteiger partial charge on any atom is -0.492 e. The second-order valence-corrected chi connectivity index (χ2v) is 8.48. The number of hydrogen-bond acceptors (Lipinski definition) is 4. The van der Waals surface area contributed by atoms with Gasteiger partial charge in [-0.15, -0.1) is 0 Å². The third kappa shape index (κ3) is 5.23. The van der Waals surface area contributed by atoms with Crippen LogP contribution < -0.4 is 10.3 Å². The number of fused-ring (bicyclic) bond motifs is 1. The summed E-state index contributed by atoms with van der Waals surface area (Å²) in [7, 11) is 0. The second kappa shape index (κ2) is 11.5. The van der Waals surface area contributed by atoms with E-state index in [-0.39, 0.29) is 11.5 Å². The highest BCUT2D eigenvalue weighted by atomic mass is 16.5. The molecule has 0 saturated heterocycles. The van der Waals surface area contributed by atoms with Crippen molar-refractivity contribution in [2.45, 2.75) is 33.2 Å². The first-order valence-corrected chi connectivity index (χ1v) is 12.3. The van der Waals surface area contributed by atoms with Crippen LogP contribution in [0.25, 0.3) is 22.7 Å². The normalized spacial score (nSPS) is 12.1. The summed E-state index contributed by atoms with van der Waals surface area (Å²) in [6.07, 6.45) is 4.16. The Kier molecular flexibility index (Phi) is 7.95. The third-order valence-corrected chi connectivity index (χ3v) is 6.01. The lowest BCUT2D eigenvalue weighted by Gasteiger charge is -2.30. The van der Waals surface area contributed by atoms with Crippen LogP contribution in [0.4, 0.5) is 0 Å².